The molecule has 6 nitrogen and oxygen atoms in total. The van der Waals surface area contributed by atoms with Crippen molar-refractivity contribution in [2.75, 3.05) is 34.5 Å². The lowest BCUT2D eigenvalue weighted by Gasteiger charge is -2.31. The van der Waals surface area contributed by atoms with E-state index in [1.54, 1.807) is 6.92 Å². The van der Waals surface area contributed by atoms with Crippen molar-refractivity contribution in [3.8, 4) is 0 Å². The van der Waals surface area contributed by atoms with Gasteiger partial charge in [0.05, 0.1) is 34.5 Å². The van der Waals surface area contributed by atoms with E-state index in [4.69, 9.17) is 0 Å². The Morgan fingerprint density at radius 3 is 1.08 bits per heavy atom. The van der Waals surface area contributed by atoms with Crippen LogP contribution in [0.4, 0.5) is 0 Å². The molecule has 24 heavy (non-hydrogen) atoms. The van der Waals surface area contributed by atoms with Crippen LogP contribution < -0.4 is 0 Å². The second-order valence-corrected chi connectivity index (χ2v) is 12.2. The molecule has 0 aliphatic rings. The lowest BCUT2D eigenvalue weighted by atomic mass is 9.92. The molecule has 0 aromatic carbocycles. The van der Waals surface area contributed by atoms with Crippen LogP contribution in [0.1, 0.15) is 13.3 Å². The molecule has 0 saturated heterocycles. The second-order valence-electron chi connectivity index (χ2n) is 5.88. The summed E-state index contributed by atoms with van der Waals surface area (Å²) >= 11 is 0. The van der Waals surface area contributed by atoms with Gasteiger partial charge in [-0.1, -0.05) is 25.2 Å². The van der Waals surface area contributed by atoms with Crippen LogP contribution in [-0.2, 0) is 29.5 Å². The Morgan fingerprint density at radius 1 is 0.667 bits per heavy atom. The number of sulfone groups is 3. The van der Waals surface area contributed by atoms with Gasteiger partial charge in [-0.3, -0.25) is 0 Å². The van der Waals surface area contributed by atoms with Crippen LogP contribution in [0.3, 0.4) is 0 Å². The summed E-state index contributed by atoms with van der Waals surface area (Å²) in [6.45, 7) is 11.7. The summed E-state index contributed by atoms with van der Waals surface area (Å²) in [6.07, 6.45) is 3.70. The molecule has 0 saturated carbocycles. The molecular weight excluding hydrogens is 372 g/mol. The summed E-state index contributed by atoms with van der Waals surface area (Å²) in [6, 6.07) is 0. The lowest BCUT2D eigenvalue weighted by molar-refractivity contribution is 0.396. The fraction of sp³-hybridized carbons (Fsp3) is 0.600. The van der Waals surface area contributed by atoms with Gasteiger partial charge < -0.3 is 0 Å². The first-order valence-corrected chi connectivity index (χ1v) is 12.8. The highest BCUT2D eigenvalue weighted by atomic mass is 32.2. The summed E-state index contributed by atoms with van der Waals surface area (Å²) in [5.41, 5.74) is -1.41. The first kappa shape index (κ1) is 23.1. The number of rotatable bonds is 13. The van der Waals surface area contributed by atoms with Gasteiger partial charge in [0.25, 0.3) is 0 Å². The minimum atomic E-state index is -3.67. The van der Waals surface area contributed by atoms with E-state index >= 15 is 0 Å². The Kier molecular flexibility index (Phi) is 8.61. The van der Waals surface area contributed by atoms with Crippen molar-refractivity contribution in [2.24, 2.45) is 5.41 Å². The Bertz CT molecular complexity index is 655. The van der Waals surface area contributed by atoms with Gasteiger partial charge in [-0.25, -0.2) is 25.3 Å². The van der Waals surface area contributed by atoms with Crippen molar-refractivity contribution in [3.05, 3.63) is 38.0 Å². The van der Waals surface area contributed by atoms with Crippen LogP contribution in [0.25, 0.3) is 0 Å². The predicted molar refractivity (Wildman–Crippen MR) is 99.3 cm³/mol. The van der Waals surface area contributed by atoms with E-state index in [9.17, 15) is 25.3 Å². The van der Waals surface area contributed by atoms with E-state index in [1.807, 2.05) is 0 Å². The quantitative estimate of drug-likeness (QED) is 0.432. The van der Waals surface area contributed by atoms with Crippen LogP contribution in [0.15, 0.2) is 38.0 Å². The molecule has 0 rings (SSSR count). The average molecular weight is 399 g/mol. The third-order valence-electron chi connectivity index (χ3n) is 3.44. The molecule has 140 valence electrons. The van der Waals surface area contributed by atoms with Crippen molar-refractivity contribution in [2.45, 2.75) is 13.3 Å². The van der Waals surface area contributed by atoms with Crippen molar-refractivity contribution in [1.82, 2.24) is 0 Å². The van der Waals surface area contributed by atoms with Crippen molar-refractivity contribution >= 4 is 29.5 Å². The maximum atomic E-state index is 12.2. The van der Waals surface area contributed by atoms with E-state index in [0.29, 0.717) is 0 Å². The van der Waals surface area contributed by atoms with Gasteiger partial charge in [-0.15, -0.1) is 19.7 Å². The molecule has 0 bridgehead atoms. The molecule has 9 heteroatoms. The maximum absolute atomic E-state index is 12.2. The van der Waals surface area contributed by atoms with Crippen LogP contribution >= 0.6 is 0 Å². The molecule has 0 spiro atoms. The van der Waals surface area contributed by atoms with Crippen LogP contribution in [0.2, 0.25) is 0 Å². The minimum absolute atomic E-state index is 0.0934. The molecular formula is C15H26O6S3. The van der Waals surface area contributed by atoms with E-state index in [1.165, 1.54) is 18.2 Å². The Hall–Kier alpha value is -0.930. The van der Waals surface area contributed by atoms with Gasteiger partial charge in [0.2, 0.25) is 0 Å². The third-order valence-corrected chi connectivity index (χ3v) is 8.83. The van der Waals surface area contributed by atoms with Crippen molar-refractivity contribution < 1.29 is 25.3 Å². The number of hydrogen-bond donors (Lipinski definition) is 0. The zero-order valence-electron chi connectivity index (χ0n) is 14.0. The zero-order chi connectivity index (χ0) is 19.1. The van der Waals surface area contributed by atoms with Gasteiger partial charge in [-0.2, -0.15) is 0 Å². The largest absolute Gasteiger partial charge is 0.228 e. The Morgan fingerprint density at radius 2 is 0.917 bits per heavy atom. The summed E-state index contributed by atoms with van der Waals surface area (Å²) in [5.74, 6) is -2.60. The first-order valence-electron chi connectivity index (χ1n) is 7.30. The molecule has 0 atom stereocenters. The molecule has 0 heterocycles. The molecule has 0 fully saturated rings. The summed E-state index contributed by atoms with van der Waals surface area (Å²) in [4.78, 5) is 0. The van der Waals surface area contributed by atoms with Gasteiger partial charge in [0.15, 0.2) is 29.5 Å². The fourth-order valence-electron chi connectivity index (χ4n) is 2.55. The summed E-state index contributed by atoms with van der Waals surface area (Å²) in [5, 5.41) is 0. The SMILES string of the molecule is C=CCS(=O)(=O)CC(CC)(CS(=O)(=O)CC=C)CS(=O)(=O)CC=C. The summed E-state index contributed by atoms with van der Waals surface area (Å²) < 4.78 is 73.1. The monoisotopic (exact) mass is 398 g/mol. The van der Waals surface area contributed by atoms with E-state index < -0.39 is 52.2 Å². The topological polar surface area (TPSA) is 102 Å². The molecule has 0 unspecified atom stereocenters. The molecule has 0 amide bonds. The molecule has 0 aromatic rings. The second kappa shape index (κ2) is 8.96. The van der Waals surface area contributed by atoms with Crippen molar-refractivity contribution in [3.63, 3.8) is 0 Å². The van der Waals surface area contributed by atoms with E-state index in [0.717, 1.165) is 0 Å². The predicted octanol–water partition coefficient (Wildman–Crippen LogP) is 1.19. The lowest BCUT2D eigenvalue weighted by Crippen LogP contribution is -2.43. The standard InChI is InChI=1S/C15H26O6S3/c1-5-9-22(16,17)12-15(8-4,13-23(18,19)10-6-2)14-24(20,21)11-7-3/h5-7H,1-3,8-14H2,4H3. The fourth-order valence-corrected chi connectivity index (χ4v) is 8.39. The molecule has 0 aromatic heterocycles. The number of hydrogen-bond acceptors (Lipinski definition) is 6. The van der Waals surface area contributed by atoms with Gasteiger partial charge in [0.1, 0.15) is 0 Å². The minimum Gasteiger partial charge on any atom is -0.228 e. The van der Waals surface area contributed by atoms with E-state index in [-0.39, 0.29) is 23.7 Å². The van der Waals surface area contributed by atoms with E-state index in [2.05, 4.69) is 19.7 Å². The highest BCUT2D eigenvalue weighted by Crippen LogP contribution is 2.30. The normalized spacial score (nSPS) is 13.4. The smallest absolute Gasteiger partial charge is 0.154 e. The highest BCUT2D eigenvalue weighted by Gasteiger charge is 2.41. The third kappa shape index (κ3) is 8.25. The van der Waals surface area contributed by atoms with Gasteiger partial charge in [-0.05, 0) is 6.42 Å². The van der Waals surface area contributed by atoms with Crippen LogP contribution in [-0.4, -0.2) is 59.8 Å². The van der Waals surface area contributed by atoms with Crippen LogP contribution in [0, 0.1) is 5.41 Å². The Balaban J connectivity index is 5.98. The van der Waals surface area contributed by atoms with Gasteiger partial charge in [0, 0.05) is 5.41 Å². The molecule has 0 aliphatic carbocycles. The highest BCUT2D eigenvalue weighted by molar-refractivity contribution is 7.93. The average Bonchev–Trinajstić information content (AvgIpc) is 2.35. The molecule has 0 N–H and O–H groups in total. The molecule has 0 radical (unpaired) electrons. The molecule has 0 aliphatic heterocycles. The first-order chi connectivity index (χ1) is 10.9. The zero-order valence-corrected chi connectivity index (χ0v) is 16.4. The summed E-state index contributed by atoms with van der Waals surface area (Å²) in [7, 11) is -11.0. The van der Waals surface area contributed by atoms with Gasteiger partial charge >= 0.3 is 0 Å². The Labute approximate surface area is 146 Å². The van der Waals surface area contributed by atoms with Crippen LogP contribution in [0.5, 0.6) is 0 Å². The maximum Gasteiger partial charge on any atom is 0.154 e. The van der Waals surface area contributed by atoms with Crippen molar-refractivity contribution in [1.29, 1.82) is 0 Å².